The molecule has 5 nitrogen and oxygen atoms in total. The van der Waals surface area contributed by atoms with E-state index in [4.69, 9.17) is 5.73 Å². The fourth-order valence-electron chi connectivity index (χ4n) is 1.71. The Labute approximate surface area is 123 Å². The third-order valence-electron chi connectivity index (χ3n) is 2.71. The topological polar surface area (TPSA) is 76.7 Å². The fraction of sp³-hybridized carbons (Fsp3) is 0.333. The number of aromatic amines is 1. The summed E-state index contributed by atoms with van der Waals surface area (Å²) >= 11 is 4.96. The maximum atomic E-state index is 11.5. The van der Waals surface area contributed by atoms with Gasteiger partial charge in [-0.2, -0.15) is 0 Å². The van der Waals surface area contributed by atoms with E-state index in [1.807, 2.05) is 32.0 Å². The highest BCUT2D eigenvalue weighted by Crippen LogP contribution is 2.31. The molecular formula is C12H15BrN4OS. The smallest absolute Gasteiger partial charge is 0.324 e. The van der Waals surface area contributed by atoms with Gasteiger partial charge in [0.1, 0.15) is 0 Å². The summed E-state index contributed by atoms with van der Waals surface area (Å²) in [7, 11) is 0. The van der Waals surface area contributed by atoms with Crippen molar-refractivity contribution < 1.29 is 0 Å². The highest BCUT2D eigenvalue weighted by Gasteiger charge is 2.10. The molecule has 3 N–H and O–H groups in total. The Morgan fingerprint density at radius 1 is 1.58 bits per heavy atom. The van der Waals surface area contributed by atoms with Crippen LogP contribution >= 0.6 is 27.7 Å². The first-order valence-corrected chi connectivity index (χ1v) is 7.52. The first-order chi connectivity index (χ1) is 9.02. The molecule has 0 spiro atoms. The van der Waals surface area contributed by atoms with Crippen molar-refractivity contribution in [3.05, 3.63) is 38.7 Å². The molecule has 0 saturated carbocycles. The van der Waals surface area contributed by atoms with Gasteiger partial charge in [0.25, 0.3) is 0 Å². The predicted molar refractivity (Wildman–Crippen MR) is 79.4 cm³/mol. The molecule has 0 fully saturated rings. The van der Waals surface area contributed by atoms with Crippen molar-refractivity contribution in [3.63, 3.8) is 0 Å². The number of nitrogens with two attached hydrogens (primary N) is 1. The molecule has 7 heteroatoms. The minimum absolute atomic E-state index is 0.0207. The van der Waals surface area contributed by atoms with Gasteiger partial charge in [0.15, 0.2) is 5.16 Å². The molecule has 0 aliphatic heterocycles. The van der Waals surface area contributed by atoms with Crippen LogP contribution in [0, 0.1) is 0 Å². The highest BCUT2D eigenvalue weighted by molar-refractivity contribution is 9.10. The second-order valence-electron chi connectivity index (χ2n) is 4.13. The van der Waals surface area contributed by atoms with E-state index >= 15 is 0 Å². The number of rotatable bonds is 4. The van der Waals surface area contributed by atoms with Crippen LogP contribution in [0.15, 0.2) is 37.5 Å². The lowest BCUT2D eigenvalue weighted by Crippen LogP contribution is -2.16. The van der Waals surface area contributed by atoms with Gasteiger partial charge in [0, 0.05) is 22.0 Å². The number of H-pyrrole nitrogens is 1. The second-order valence-corrected chi connectivity index (χ2v) is 6.02. The summed E-state index contributed by atoms with van der Waals surface area (Å²) in [6.07, 6.45) is 0. The van der Waals surface area contributed by atoms with E-state index < -0.39 is 0 Å². The second kappa shape index (κ2) is 5.94. The van der Waals surface area contributed by atoms with Gasteiger partial charge in [-0.25, -0.2) is 9.89 Å². The van der Waals surface area contributed by atoms with Crippen LogP contribution in [0.3, 0.4) is 0 Å². The molecule has 0 unspecified atom stereocenters. The Kier molecular flexibility index (Phi) is 4.49. The van der Waals surface area contributed by atoms with Crippen molar-refractivity contribution in [2.75, 3.05) is 0 Å². The van der Waals surface area contributed by atoms with Gasteiger partial charge in [-0.15, -0.1) is 5.10 Å². The fourth-order valence-corrected chi connectivity index (χ4v) is 3.53. The molecule has 0 aliphatic carbocycles. The SMILES string of the molecule is CCn1c(Sc2ccc([C@H](C)N)c(Br)c2)n[nH]c1=O. The molecule has 2 aromatic rings. The first-order valence-electron chi connectivity index (χ1n) is 5.91. The van der Waals surface area contributed by atoms with Crippen molar-refractivity contribution in [1.29, 1.82) is 0 Å². The van der Waals surface area contributed by atoms with Crippen LogP contribution in [0.4, 0.5) is 0 Å². The molecule has 1 aromatic carbocycles. The number of hydrogen-bond acceptors (Lipinski definition) is 4. The van der Waals surface area contributed by atoms with Crippen LogP contribution in [0.1, 0.15) is 25.5 Å². The third-order valence-corrected chi connectivity index (χ3v) is 4.38. The van der Waals surface area contributed by atoms with Crippen LogP contribution in [-0.4, -0.2) is 14.8 Å². The summed E-state index contributed by atoms with van der Waals surface area (Å²) < 4.78 is 2.56. The molecule has 0 amide bonds. The Morgan fingerprint density at radius 3 is 2.89 bits per heavy atom. The van der Waals surface area contributed by atoms with E-state index in [9.17, 15) is 4.79 Å². The lowest BCUT2D eigenvalue weighted by molar-refractivity contribution is 0.660. The zero-order valence-corrected chi connectivity index (χ0v) is 13.1. The molecule has 1 heterocycles. The van der Waals surface area contributed by atoms with Gasteiger partial charge < -0.3 is 5.73 Å². The molecule has 102 valence electrons. The van der Waals surface area contributed by atoms with Gasteiger partial charge in [-0.05, 0) is 43.3 Å². The molecule has 0 aliphatic rings. The number of benzene rings is 1. The third kappa shape index (κ3) is 3.10. The minimum atomic E-state index is -0.184. The van der Waals surface area contributed by atoms with Crippen molar-refractivity contribution in [1.82, 2.24) is 14.8 Å². The Hall–Kier alpha value is -1.05. The summed E-state index contributed by atoms with van der Waals surface area (Å²) in [6.45, 7) is 4.45. The molecule has 0 radical (unpaired) electrons. The standard InChI is InChI=1S/C12H15BrN4OS/c1-3-17-11(18)15-16-12(17)19-8-4-5-9(7(2)14)10(13)6-8/h4-7H,3,14H2,1-2H3,(H,15,18)/t7-/m0/s1. The van der Waals surface area contributed by atoms with E-state index in [2.05, 4.69) is 26.1 Å². The molecule has 1 atom stereocenters. The summed E-state index contributed by atoms with van der Waals surface area (Å²) in [5, 5.41) is 7.14. The van der Waals surface area contributed by atoms with Crippen molar-refractivity contribution in [3.8, 4) is 0 Å². The lowest BCUT2D eigenvalue weighted by atomic mass is 10.1. The average molecular weight is 343 g/mol. The van der Waals surface area contributed by atoms with E-state index in [0.717, 1.165) is 14.9 Å². The maximum absolute atomic E-state index is 11.5. The van der Waals surface area contributed by atoms with Crippen LogP contribution in [0.5, 0.6) is 0 Å². The Morgan fingerprint density at radius 2 is 2.32 bits per heavy atom. The zero-order valence-electron chi connectivity index (χ0n) is 10.7. The average Bonchev–Trinajstić information content (AvgIpc) is 2.69. The van der Waals surface area contributed by atoms with E-state index in [-0.39, 0.29) is 11.7 Å². The number of aromatic nitrogens is 3. The van der Waals surface area contributed by atoms with Gasteiger partial charge in [0.2, 0.25) is 0 Å². The largest absolute Gasteiger partial charge is 0.343 e. The zero-order chi connectivity index (χ0) is 14.0. The summed E-state index contributed by atoms with van der Waals surface area (Å²) in [5.41, 5.74) is 6.74. The van der Waals surface area contributed by atoms with Gasteiger partial charge >= 0.3 is 5.69 Å². The number of nitrogens with one attached hydrogen (secondary N) is 1. The number of nitrogens with zero attached hydrogens (tertiary/aromatic N) is 2. The molecule has 2 rings (SSSR count). The summed E-state index contributed by atoms with van der Waals surface area (Å²) in [6, 6.07) is 5.93. The van der Waals surface area contributed by atoms with Crippen molar-refractivity contribution in [2.45, 2.75) is 36.5 Å². The predicted octanol–water partition coefficient (Wildman–Crippen LogP) is 2.52. The van der Waals surface area contributed by atoms with E-state index in [1.54, 1.807) is 4.57 Å². The molecule has 0 saturated heterocycles. The van der Waals surface area contributed by atoms with Crippen molar-refractivity contribution >= 4 is 27.7 Å². The normalized spacial score (nSPS) is 12.6. The molecular weight excluding hydrogens is 328 g/mol. The van der Waals surface area contributed by atoms with Crippen molar-refractivity contribution in [2.24, 2.45) is 5.73 Å². The monoisotopic (exact) mass is 342 g/mol. The van der Waals surface area contributed by atoms with Crippen LogP contribution in [-0.2, 0) is 6.54 Å². The van der Waals surface area contributed by atoms with Crippen LogP contribution in [0.2, 0.25) is 0 Å². The molecule has 19 heavy (non-hydrogen) atoms. The Bertz CT molecular complexity index is 635. The van der Waals surface area contributed by atoms with Gasteiger partial charge in [0.05, 0.1) is 0 Å². The van der Waals surface area contributed by atoms with Crippen LogP contribution in [0.25, 0.3) is 0 Å². The first kappa shape index (κ1) is 14.4. The molecule has 0 bridgehead atoms. The minimum Gasteiger partial charge on any atom is -0.324 e. The lowest BCUT2D eigenvalue weighted by Gasteiger charge is -2.10. The van der Waals surface area contributed by atoms with Gasteiger partial charge in [-0.1, -0.05) is 22.0 Å². The van der Waals surface area contributed by atoms with Gasteiger partial charge in [-0.3, -0.25) is 4.57 Å². The van der Waals surface area contributed by atoms with E-state index in [0.29, 0.717) is 11.7 Å². The Balaban J connectivity index is 2.29. The highest BCUT2D eigenvalue weighted by atomic mass is 79.9. The van der Waals surface area contributed by atoms with E-state index in [1.165, 1.54) is 11.8 Å². The molecule has 1 aromatic heterocycles. The number of halogens is 1. The summed E-state index contributed by atoms with van der Waals surface area (Å²) in [5.74, 6) is 0. The number of hydrogen-bond donors (Lipinski definition) is 2. The quantitative estimate of drug-likeness (QED) is 0.894. The maximum Gasteiger partial charge on any atom is 0.343 e. The summed E-state index contributed by atoms with van der Waals surface area (Å²) in [4.78, 5) is 12.5. The van der Waals surface area contributed by atoms with Crippen LogP contribution < -0.4 is 11.4 Å².